The molecule has 4 aromatic carbocycles. The molecule has 1 aliphatic rings. The molecule has 0 unspecified atom stereocenters. The predicted octanol–water partition coefficient (Wildman–Crippen LogP) is 6.78. The van der Waals surface area contributed by atoms with Crippen molar-refractivity contribution in [1.82, 2.24) is 10.2 Å². The van der Waals surface area contributed by atoms with Gasteiger partial charge in [-0.15, -0.1) is 0 Å². The highest BCUT2D eigenvalue weighted by Crippen LogP contribution is 2.42. The summed E-state index contributed by atoms with van der Waals surface area (Å²) in [6, 6.07) is 29.9. The van der Waals surface area contributed by atoms with Gasteiger partial charge in [0.25, 0.3) is 11.8 Å². The minimum Gasteiger partial charge on any atom is -0.351 e. The Kier molecular flexibility index (Phi) is 8.63. The zero-order valence-corrected chi connectivity index (χ0v) is 23.5. The Morgan fingerprint density at radius 3 is 2.42 bits per heavy atom. The maximum atomic E-state index is 14.6. The number of hydrogen-bond donors (Lipinski definition) is 1. The van der Waals surface area contributed by atoms with Gasteiger partial charge in [-0.2, -0.15) is 0 Å². The molecule has 7 heteroatoms. The van der Waals surface area contributed by atoms with Crippen molar-refractivity contribution in [3.8, 4) is 0 Å². The van der Waals surface area contributed by atoms with Crippen molar-refractivity contribution in [2.75, 3.05) is 18.0 Å². The highest BCUT2D eigenvalue weighted by molar-refractivity contribution is 7.99. The number of amides is 2. The number of carbonyl (C=O) groups excluding carboxylic acids is 2. The van der Waals surface area contributed by atoms with Gasteiger partial charge in [0.05, 0.1) is 17.8 Å². The Morgan fingerprint density at radius 1 is 0.925 bits per heavy atom. The lowest BCUT2D eigenvalue weighted by Crippen LogP contribution is -2.38. The molecule has 0 saturated carbocycles. The van der Waals surface area contributed by atoms with Gasteiger partial charge < -0.3 is 10.2 Å². The Balaban J connectivity index is 1.36. The standard InChI is InChI=1S/C33H32FN3O2S/c1-23(2)36(21-24-10-4-3-5-11-24)19-18-35-32(38)25-16-17-31-29(20-25)37(22-26-12-6-8-14-28(26)34)33(39)27-13-7-9-15-30(27)40-31/h3-17,20,23H,18-19,21-22H2,1-2H3,(H,35,38). The Morgan fingerprint density at radius 2 is 1.65 bits per heavy atom. The zero-order chi connectivity index (χ0) is 28.1. The van der Waals surface area contributed by atoms with Crippen LogP contribution in [0.2, 0.25) is 0 Å². The van der Waals surface area contributed by atoms with Crippen molar-refractivity contribution in [2.24, 2.45) is 0 Å². The van der Waals surface area contributed by atoms with Crippen LogP contribution in [0, 0.1) is 5.82 Å². The summed E-state index contributed by atoms with van der Waals surface area (Å²) in [6.07, 6.45) is 0. The van der Waals surface area contributed by atoms with Gasteiger partial charge in [-0.05, 0) is 55.8 Å². The van der Waals surface area contributed by atoms with Gasteiger partial charge in [-0.1, -0.05) is 72.4 Å². The number of nitrogens with one attached hydrogen (secondary N) is 1. The van der Waals surface area contributed by atoms with E-state index in [0.717, 1.165) is 16.3 Å². The highest BCUT2D eigenvalue weighted by Gasteiger charge is 2.29. The summed E-state index contributed by atoms with van der Waals surface area (Å²) in [5, 5.41) is 3.04. The van der Waals surface area contributed by atoms with Crippen LogP contribution in [0.3, 0.4) is 0 Å². The van der Waals surface area contributed by atoms with E-state index in [1.165, 1.54) is 23.4 Å². The highest BCUT2D eigenvalue weighted by atomic mass is 32.2. The molecule has 0 radical (unpaired) electrons. The lowest BCUT2D eigenvalue weighted by Gasteiger charge is -2.27. The second kappa shape index (κ2) is 12.5. The normalized spacial score (nSPS) is 12.7. The van der Waals surface area contributed by atoms with Crippen molar-refractivity contribution >= 4 is 29.3 Å². The van der Waals surface area contributed by atoms with Crippen molar-refractivity contribution in [1.29, 1.82) is 0 Å². The van der Waals surface area contributed by atoms with E-state index < -0.39 is 0 Å². The molecular weight excluding hydrogens is 521 g/mol. The lowest BCUT2D eigenvalue weighted by atomic mass is 10.1. The van der Waals surface area contributed by atoms with Gasteiger partial charge in [-0.25, -0.2) is 4.39 Å². The molecule has 0 aliphatic carbocycles. The van der Waals surface area contributed by atoms with Crippen LogP contribution in [-0.2, 0) is 13.1 Å². The third-order valence-electron chi connectivity index (χ3n) is 7.02. The van der Waals surface area contributed by atoms with Crippen molar-refractivity contribution in [2.45, 2.75) is 42.8 Å². The smallest absolute Gasteiger partial charge is 0.259 e. The number of nitrogens with zero attached hydrogens (tertiary/aromatic N) is 2. The van der Waals surface area contributed by atoms with Gasteiger partial charge in [-0.3, -0.25) is 14.5 Å². The summed E-state index contributed by atoms with van der Waals surface area (Å²) in [4.78, 5) is 32.5. The minimum atomic E-state index is -0.374. The number of rotatable bonds is 9. The van der Waals surface area contributed by atoms with Gasteiger partial charge >= 0.3 is 0 Å². The third kappa shape index (κ3) is 6.27. The maximum absolute atomic E-state index is 14.6. The van der Waals surface area contributed by atoms with E-state index in [2.05, 4.69) is 36.2 Å². The first-order valence-electron chi connectivity index (χ1n) is 13.4. The fourth-order valence-corrected chi connectivity index (χ4v) is 5.83. The van der Waals surface area contributed by atoms with Crippen molar-refractivity contribution < 1.29 is 14.0 Å². The van der Waals surface area contributed by atoms with Crippen LogP contribution in [0.15, 0.2) is 107 Å². The summed E-state index contributed by atoms with van der Waals surface area (Å²) >= 11 is 1.48. The third-order valence-corrected chi connectivity index (χ3v) is 8.17. The van der Waals surface area contributed by atoms with Crippen LogP contribution in [0.4, 0.5) is 10.1 Å². The van der Waals surface area contributed by atoms with Gasteiger partial charge in [0.2, 0.25) is 0 Å². The second-order valence-electron chi connectivity index (χ2n) is 10.1. The van der Waals surface area contributed by atoms with E-state index in [0.29, 0.717) is 41.5 Å². The van der Waals surface area contributed by atoms with Gasteiger partial charge in [0.1, 0.15) is 5.82 Å². The van der Waals surface area contributed by atoms with E-state index >= 15 is 0 Å². The van der Waals surface area contributed by atoms with E-state index in [1.54, 1.807) is 41.3 Å². The first-order valence-corrected chi connectivity index (χ1v) is 14.2. The molecule has 5 nitrogen and oxygen atoms in total. The number of carbonyl (C=O) groups is 2. The summed E-state index contributed by atoms with van der Waals surface area (Å²) < 4.78 is 14.6. The van der Waals surface area contributed by atoms with E-state index in [9.17, 15) is 14.0 Å². The molecule has 40 heavy (non-hydrogen) atoms. The summed E-state index contributed by atoms with van der Waals surface area (Å²) in [6.45, 7) is 6.34. The molecule has 0 bridgehead atoms. The number of benzene rings is 4. The number of anilines is 1. The molecule has 0 saturated heterocycles. The van der Waals surface area contributed by atoms with E-state index in [-0.39, 0.29) is 24.2 Å². The summed E-state index contributed by atoms with van der Waals surface area (Å²) in [5.41, 5.74) is 3.24. The molecule has 1 N–H and O–H groups in total. The summed E-state index contributed by atoms with van der Waals surface area (Å²) in [5.74, 6) is -0.812. The molecule has 204 valence electrons. The SMILES string of the molecule is CC(C)N(CCNC(=O)c1ccc2c(c1)N(Cc1ccccc1F)C(=O)c1ccccc1S2)Cc1ccccc1. The molecule has 5 rings (SSSR count). The van der Waals surface area contributed by atoms with Crippen molar-refractivity contribution in [3.05, 3.63) is 125 Å². The van der Waals surface area contributed by atoms with E-state index in [4.69, 9.17) is 0 Å². The largest absolute Gasteiger partial charge is 0.351 e. The molecule has 0 atom stereocenters. The van der Waals surface area contributed by atoms with E-state index in [1.807, 2.05) is 42.5 Å². The molecule has 4 aromatic rings. The number of fused-ring (bicyclic) bond motifs is 2. The quantitative estimate of drug-likeness (QED) is 0.248. The van der Waals surface area contributed by atoms with Crippen LogP contribution in [-0.4, -0.2) is 35.8 Å². The molecule has 0 aromatic heterocycles. The zero-order valence-electron chi connectivity index (χ0n) is 22.6. The molecule has 1 aliphatic heterocycles. The molecular formula is C33H32FN3O2S. The lowest BCUT2D eigenvalue weighted by molar-refractivity contribution is 0.0941. The average Bonchev–Trinajstić information content (AvgIpc) is 3.08. The Bertz CT molecular complexity index is 1510. The molecule has 2 amide bonds. The first-order chi connectivity index (χ1) is 19.4. The van der Waals surface area contributed by atoms with Gasteiger partial charge in [0.15, 0.2) is 0 Å². The van der Waals surface area contributed by atoms with Crippen LogP contribution in [0.1, 0.15) is 45.7 Å². The van der Waals surface area contributed by atoms with Gasteiger partial charge in [0, 0.05) is 46.6 Å². The first kappa shape index (κ1) is 27.6. The fourth-order valence-electron chi connectivity index (χ4n) is 4.77. The predicted molar refractivity (Wildman–Crippen MR) is 158 cm³/mol. The maximum Gasteiger partial charge on any atom is 0.259 e. The molecule has 0 fully saturated rings. The Hall–Kier alpha value is -3.94. The molecule has 1 heterocycles. The minimum absolute atomic E-state index is 0.0569. The Labute approximate surface area is 239 Å². The fraction of sp³-hybridized carbons (Fsp3) is 0.212. The van der Waals surface area contributed by atoms with Crippen molar-refractivity contribution in [3.63, 3.8) is 0 Å². The second-order valence-corrected chi connectivity index (χ2v) is 11.2. The monoisotopic (exact) mass is 553 g/mol. The van der Waals surface area contributed by atoms with Crippen LogP contribution in [0.25, 0.3) is 0 Å². The summed E-state index contributed by atoms with van der Waals surface area (Å²) in [7, 11) is 0. The van der Waals surface area contributed by atoms with Crippen LogP contribution < -0.4 is 10.2 Å². The topological polar surface area (TPSA) is 52.7 Å². The number of hydrogen-bond acceptors (Lipinski definition) is 4. The number of halogens is 1. The van der Waals surface area contributed by atoms with Crippen LogP contribution in [0.5, 0.6) is 0 Å². The van der Waals surface area contributed by atoms with Crippen LogP contribution >= 0.6 is 11.8 Å². The average molecular weight is 554 g/mol. The molecule has 0 spiro atoms.